The van der Waals surface area contributed by atoms with E-state index in [2.05, 4.69) is 10.6 Å². The zero-order chi connectivity index (χ0) is 24.3. The van der Waals surface area contributed by atoms with Crippen molar-refractivity contribution in [2.75, 3.05) is 26.7 Å². The van der Waals surface area contributed by atoms with E-state index >= 15 is 0 Å². The largest absolute Gasteiger partial charge is 0.467 e. The van der Waals surface area contributed by atoms with Crippen LogP contribution in [-0.4, -0.2) is 109 Å². The van der Waals surface area contributed by atoms with E-state index in [1.807, 2.05) is 13.0 Å². The van der Waals surface area contributed by atoms with Crippen molar-refractivity contribution >= 4 is 0 Å². The van der Waals surface area contributed by atoms with E-state index < -0.39 is 60.7 Å². The van der Waals surface area contributed by atoms with Gasteiger partial charge in [0.15, 0.2) is 6.29 Å². The summed E-state index contributed by atoms with van der Waals surface area (Å²) in [6, 6.07) is -1.95. The summed E-state index contributed by atoms with van der Waals surface area (Å²) in [4.78, 5) is 0. The average Bonchev–Trinajstić information content (AvgIpc) is 2.76. The second-order valence-electron chi connectivity index (χ2n) is 9.31. The minimum Gasteiger partial charge on any atom is -0.467 e. The molecule has 0 radical (unpaired) electrons. The third-order valence-corrected chi connectivity index (χ3v) is 6.64. The first kappa shape index (κ1) is 26.7. The highest BCUT2D eigenvalue weighted by molar-refractivity contribution is 5.05. The van der Waals surface area contributed by atoms with E-state index in [9.17, 15) is 15.3 Å². The smallest absolute Gasteiger partial charge is 0.215 e. The number of likely N-dealkylation sites (N-methyl/N-ethyl adjacent to an activating group) is 2. The highest BCUT2D eigenvalue weighted by Crippen LogP contribution is 2.31. The summed E-state index contributed by atoms with van der Waals surface area (Å²) in [6.45, 7) is 4.30. The molecule has 2 fully saturated rings. The molecule has 33 heavy (non-hydrogen) atoms. The van der Waals surface area contributed by atoms with Gasteiger partial charge in [-0.05, 0) is 39.4 Å². The van der Waals surface area contributed by atoms with E-state index in [0.29, 0.717) is 25.1 Å². The van der Waals surface area contributed by atoms with Gasteiger partial charge in [-0.2, -0.15) is 0 Å². The van der Waals surface area contributed by atoms with Crippen LogP contribution in [0.2, 0.25) is 0 Å². The number of ether oxygens (including phenoxy) is 4. The lowest BCUT2D eigenvalue weighted by atomic mass is 9.83. The Balaban J connectivity index is 1.75. The molecule has 3 aliphatic rings. The van der Waals surface area contributed by atoms with Gasteiger partial charge in [0, 0.05) is 12.1 Å². The van der Waals surface area contributed by atoms with E-state index in [4.69, 9.17) is 36.1 Å². The summed E-state index contributed by atoms with van der Waals surface area (Å²) in [5.41, 5.74) is 16.9. The molecule has 1 aliphatic carbocycles. The maximum absolute atomic E-state index is 11.3. The van der Waals surface area contributed by atoms with Crippen molar-refractivity contribution in [2.24, 2.45) is 17.2 Å². The molecule has 1 saturated heterocycles. The van der Waals surface area contributed by atoms with Crippen molar-refractivity contribution in [1.29, 1.82) is 0 Å². The highest BCUT2D eigenvalue weighted by atomic mass is 16.7. The third-order valence-electron chi connectivity index (χ3n) is 6.64. The van der Waals surface area contributed by atoms with Crippen LogP contribution in [-0.2, 0) is 18.9 Å². The van der Waals surface area contributed by atoms with E-state index in [0.717, 1.165) is 0 Å². The van der Waals surface area contributed by atoms with Gasteiger partial charge in [-0.1, -0.05) is 6.92 Å². The van der Waals surface area contributed by atoms with Crippen LogP contribution in [0.1, 0.15) is 26.7 Å². The Morgan fingerprint density at radius 3 is 2.48 bits per heavy atom. The molecular formula is C21H41N5O7. The lowest BCUT2D eigenvalue weighted by molar-refractivity contribution is -0.304. The SMILES string of the molecule is CCN[C@H]1C[C@@H](N)[C@@H](O[C@@H]2OC(CN)=CC[C@@H]2N)[C@H](O)[C@H]1O[C@@H]1OC[C@](C)(O)[C@H](NC)[C@@H]1O. The van der Waals surface area contributed by atoms with Gasteiger partial charge in [-0.25, -0.2) is 0 Å². The number of hydrogen-bond donors (Lipinski definition) is 8. The molecule has 0 spiro atoms. The Morgan fingerprint density at radius 2 is 1.85 bits per heavy atom. The van der Waals surface area contributed by atoms with Crippen molar-refractivity contribution in [3.05, 3.63) is 11.8 Å². The molecule has 3 rings (SSSR count). The van der Waals surface area contributed by atoms with Crippen LogP contribution in [0.15, 0.2) is 11.8 Å². The highest BCUT2D eigenvalue weighted by Gasteiger charge is 2.51. The van der Waals surface area contributed by atoms with Gasteiger partial charge in [0.2, 0.25) is 6.29 Å². The molecule has 1 saturated carbocycles. The van der Waals surface area contributed by atoms with E-state index in [1.54, 1.807) is 14.0 Å². The summed E-state index contributed by atoms with van der Waals surface area (Å²) in [7, 11) is 1.64. The molecule has 12 heteroatoms. The van der Waals surface area contributed by atoms with Gasteiger partial charge in [0.25, 0.3) is 0 Å². The van der Waals surface area contributed by atoms with Gasteiger partial charge in [0.1, 0.15) is 35.8 Å². The van der Waals surface area contributed by atoms with Crippen molar-refractivity contribution in [3.63, 3.8) is 0 Å². The van der Waals surface area contributed by atoms with Crippen LogP contribution in [0.4, 0.5) is 0 Å². The molecule has 11 atom stereocenters. The summed E-state index contributed by atoms with van der Waals surface area (Å²) >= 11 is 0. The zero-order valence-corrected chi connectivity index (χ0v) is 19.6. The number of rotatable bonds is 8. The normalized spacial score (nSPS) is 46.5. The van der Waals surface area contributed by atoms with Crippen LogP contribution in [0.25, 0.3) is 0 Å². The number of aliphatic hydroxyl groups excluding tert-OH is 2. The summed E-state index contributed by atoms with van der Waals surface area (Å²) in [5, 5.41) is 38.8. The molecule has 0 aromatic rings. The van der Waals surface area contributed by atoms with Crippen LogP contribution < -0.4 is 27.8 Å². The first-order valence-corrected chi connectivity index (χ1v) is 11.6. The predicted molar refractivity (Wildman–Crippen MR) is 120 cm³/mol. The average molecular weight is 476 g/mol. The Kier molecular flexibility index (Phi) is 9.08. The monoisotopic (exact) mass is 475 g/mol. The van der Waals surface area contributed by atoms with Gasteiger partial charge in [-0.15, -0.1) is 0 Å². The molecule has 192 valence electrons. The molecule has 2 aliphatic heterocycles. The fraction of sp³-hybridized carbons (Fsp3) is 0.905. The van der Waals surface area contributed by atoms with Gasteiger partial charge in [-0.3, -0.25) is 0 Å². The third kappa shape index (κ3) is 5.85. The molecule has 0 unspecified atom stereocenters. The molecule has 0 aromatic carbocycles. The maximum atomic E-state index is 11.3. The summed E-state index contributed by atoms with van der Waals surface area (Å²) < 4.78 is 23.6. The lowest BCUT2D eigenvalue weighted by Gasteiger charge is -2.49. The fourth-order valence-electron chi connectivity index (χ4n) is 4.86. The Morgan fingerprint density at radius 1 is 1.15 bits per heavy atom. The summed E-state index contributed by atoms with van der Waals surface area (Å²) in [5.74, 6) is 0.572. The van der Waals surface area contributed by atoms with Gasteiger partial charge in [0.05, 0.1) is 25.2 Å². The maximum Gasteiger partial charge on any atom is 0.215 e. The minimum absolute atomic E-state index is 0.0483. The Bertz CT molecular complexity index is 669. The molecule has 2 heterocycles. The van der Waals surface area contributed by atoms with Crippen molar-refractivity contribution < 1.29 is 34.3 Å². The lowest BCUT2D eigenvalue weighted by Crippen LogP contribution is -2.69. The molecular weight excluding hydrogens is 434 g/mol. The first-order chi connectivity index (χ1) is 15.6. The van der Waals surface area contributed by atoms with Crippen molar-refractivity contribution in [2.45, 2.75) is 93.5 Å². The van der Waals surface area contributed by atoms with Gasteiger partial charge < -0.3 is 62.1 Å². The topological polar surface area (TPSA) is 200 Å². The van der Waals surface area contributed by atoms with Crippen molar-refractivity contribution in [1.82, 2.24) is 10.6 Å². The zero-order valence-electron chi connectivity index (χ0n) is 19.6. The van der Waals surface area contributed by atoms with Crippen molar-refractivity contribution in [3.8, 4) is 0 Å². The quantitative estimate of drug-likeness (QED) is 0.175. The molecule has 0 amide bonds. The van der Waals surface area contributed by atoms with Crippen LogP contribution >= 0.6 is 0 Å². The Hall–Kier alpha value is -0.900. The number of aliphatic hydroxyl groups is 3. The number of hydrogen-bond acceptors (Lipinski definition) is 12. The molecule has 0 aromatic heterocycles. The van der Waals surface area contributed by atoms with Crippen LogP contribution in [0.3, 0.4) is 0 Å². The predicted octanol–water partition coefficient (Wildman–Crippen LogP) is -3.20. The molecule has 12 nitrogen and oxygen atoms in total. The van der Waals surface area contributed by atoms with E-state index in [1.165, 1.54) is 0 Å². The standard InChI is InChI=1S/C21H41N5O7/c1-4-26-13-7-12(24)16(32-19-11(23)6-5-10(8-22)31-19)14(27)17(13)33-20-15(28)18(25-3)21(2,29)9-30-20/h5,11-20,25-29H,4,6-9,22-24H2,1-3H3/t11-,12+,13-,14-,15-,16+,17-,18+,19-,20-,21-/m0/s1. The van der Waals surface area contributed by atoms with Crippen LogP contribution in [0.5, 0.6) is 0 Å². The van der Waals surface area contributed by atoms with E-state index in [-0.39, 0.29) is 19.2 Å². The second-order valence-corrected chi connectivity index (χ2v) is 9.31. The summed E-state index contributed by atoms with van der Waals surface area (Å²) in [6.07, 6.45) is -3.05. The number of nitrogens with one attached hydrogen (secondary N) is 2. The molecule has 0 bridgehead atoms. The van der Waals surface area contributed by atoms with Crippen LogP contribution in [0, 0.1) is 0 Å². The first-order valence-electron chi connectivity index (χ1n) is 11.6. The fourth-order valence-corrected chi connectivity index (χ4v) is 4.86. The molecule has 11 N–H and O–H groups in total. The van der Waals surface area contributed by atoms with Gasteiger partial charge >= 0.3 is 0 Å². The second kappa shape index (κ2) is 11.2. The Labute approximate surface area is 194 Å². The number of nitrogens with two attached hydrogens (primary N) is 3. The minimum atomic E-state index is -1.28.